The van der Waals surface area contributed by atoms with Crippen molar-refractivity contribution < 1.29 is 14.6 Å². The molecule has 5 nitrogen and oxygen atoms in total. The topological polar surface area (TPSA) is 61.8 Å². The molecule has 3 atom stereocenters. The molecule has 1 rings (SSSR count). The normalized spacial score (nSPS) is 25.2. The van der Waals surface area contributed by atoms with E-state index in [2.05, 4.69) is 5.32 Å². The van der Waals surface area contributed by atoms with Crippen molar-refractivity contribution in [1.82, 2.24) is 10.2 Å². The highest BCUT2D eigenvalue weighted by atomic mass is 16.5. The first-order chi connectivity index (χ1) is 8.95. The quantitative estimate of drug-likeness (QED) is 0.801. The van der Waals surface area contributed by atoms with Crippen LogP contribution in [-0.2, 0) is 4.74 Å². The number of carbonyl (C=O) groups excluding carboxylic acids is 1. The van der Waals surface area contributed by atoms with E-state index in [1.807, 2.05) is 13.8 Å². The highest BCUT2D eigenvalue weighted by Gasteiger charge is 2.28. The maximum absolute atomic E-state index is 12.3. The lowest BCUT2D eigenvalue weighted by atomic mass is 9.92. The van der Waals surface area contributed by atoms with Gasteiger partial charge in [0.1, 0.15) is 0 Å². The fourth-order valence-electron chi connectivity index (χ4n) is 2.60. The lowest BCUT2D eigenvalue weighted by molar-refractivity contribution is 0.0409. The molecule has 2 N–H and O–H groups in total. The van der Waals surface area contributed by atoms with Crippen LogP contribution in [0.15, 0.2) is 0 Å². The van der Waals surface area contributed by atoms with Gasteiger partial charge < -0.3 is 20.1 Å². The average molecular weight is 272 g/mol. The minimum Gasteiger partial charge on any atom is -0.392 e. The highest BCUT2D eigenvalue weighted by Crippen LogP contribution is 2.21. The third-order valence-electron chi connectivity index (χ3n) is 3.66. The van der Waals surface area contributed by atoms with Gasteiger partial charge in [0, 0.05) is 19.7 Å². The molecular formula is C14H28N2O3. The van der Waals surface area contributed by atoms with Crippen molar-refractivity contribution in [3.05, 3.63) is 0 Å². The van der Waals surface area contributed by atoms with E-state index in [9.17, 15) is 9.90 Å². The summed E-state index contributed by atoms with van der Waals surface area (Å²) in [5.41, 5.74) is 0. The van der Waals surface area contributed by atoms with E-state index in [-0.39, 0.29) is 24.2 Å². The monoisotopic (exact) mass is 272 g/mol. The number of aliphatic hydroxyl groups is 1. The van der Waals surface area contributed by atoms with Crippen molar-refractivity contribution in [3.8, 4) is 0 Å². The van der Waals surface area contributed by atoms with Crippen LogP contribution in [0.3, 0.4) is 0 Å². The zero-order valence-electron chi connectivity index (χ0n) is 12.6. The van der Waals surface area contributed by atoms with Crippen LogP contribution in [0, 0.1) is 0 Å². The molecule has 0 saturated heterocycles. The Morgan fingerprint density at radius 3 is 2.53 bits per heavy atom. The van der Waals surface area contributed by atoms with Crippen LogP contribution in [0.1, 0.15) is 46.5 Å². The van der Waals surface area contributed by atoms with Gasteiger partial charge in [0.15, 0.2) is 0 Å². The Labute approximate surface area is 116 Å². The van der Waals surface area contributed by atoms with Gasteiger partial charge in [0.2, 0.25) is 0 Å². The third-order valence-corrected chi connectivity index (χ3v) is 3.66. The van der Waals surface area contributed by atoms with E-state index in [0.29, 0.717) is 6.54 Å². The van der Waals surface area contributed by atoms with Crippen LogP contribution < -0.4 is 5.32 Å². The average Bonchev–Trinajstić information content (AvgIpc) is 2.36. The molecule has 0 heterocycles. The van der Waals surface area contributed by atoms with Crippen molar-refractivity contribution >= 4 is 6.03 Å². The van der Waals surface area contributed by atoms with Gasteiger partial charge in [-0.25, -0.2) is 4.79 Å². The first-order valence-electron chi connectivity index (χ1n) is 7.23. The number of urea groups is 1. The number of carbonyl (C=O) groups is 1. The second-order valence-electron chi connectivity index (χ2n) is 5.71. The minimum absolute atomic E-state index is 0.0687. The maximum atomic E-state index is 12.3. The van der Waals surface area contributed by atoms with E-state index in [1.54, 1.807) is 18.9 Å². The molecule has 0 aromatic carbocycles. The van der Waals surface area contributed by atoms with Gasteiger partial charge in [-0.1, -0.05) is 12.8 Å². The minimum atomic E-state index is -0.516. The largest absolute Gasteiger partial charge is 0.392 e. The number of rotatable bonds is 5. The molecule has 0 aromatic heterocycles. The number of aliphatic hydroxyl groups excluding tert-OH is 1. The Balaban J connectivity index is 2.59. The number of hydrogen-bond donors (Lipinski definition) is 2. The molecule has 1 fully saturated rings. The Hall–Kier alpha value is -0.810. The molecule has 3 unspecified atom stereocenters. The summed E-state index contributed by atoms with van der Waals surface area (Å²) in [5, 5.41) is 12.5. The highest BCUT2D eigenvalue weighted by molar-refractivity contribution is 5.75. The molecule has 0 bridgehead atoms. The first-order valence-corrected chi connectivity index (χ1v) is 7.23. The van der Waals surface area contributed by atoms with E-state index in [1.165, 1.54) is 0 Å². The van der Waals surface area contributed by atoms with Crippen molar-refractivity contribution in [2.45, 2.75) is 70.7 Å². The molecule has 19 heavy (non-hydrogen) atoms. The van der Waals surface area contributed by atoms with Gasteiger partial charge in [-0.05, 0) is 33.6 Å². The third kappa shape index (κ3) is 4.99. The van der Waals surface area contributed by atoms with Crippen molar-refractivity contribution in [3.63, 3.8) is 0 Å². The smallest absolute Gasteiger partial charge is 0.318 e. The zero-order valence-corrected chi connectivity index (χ0v) is 12.6. The molecule has 0 aromatic rings. The molecule has 1 saturated carbocycles. The predicted molar refractivity (Wildman–Crippen MR) is 75.1 cm³/mol. The van der Waals surface area contributed by atoms with Crippen LogP contribution in [0.4, 0.5) is 4.79 Å². The van der Waals surface area contributed by atoms with E-state index < -0.39 is 6.10 Å². The summed E-state index contributed by atoms with van der Waals surface area (Å²) in [4.78, 5) is 14.0. The van der Waals surface area contributed by atoms with Gasteiger partial charge in [-0.2, -0.15) is 0 Å². The van der Waals surface area contributed by atoms with Gasteiger partial charge in [-0.3, -0.25) is 0 Å². The molecule has 2 amide bonds. The number of ether oxygens (including phenoxy) is 1. The Morgan fingerprint density at radius 2 is 2.00 bits per heavy atom. The van der Waals surface area contributed by atoms with Crippen LogP contribution in [-0.4, -0.2) is 54.0 Å². The van der Waals surface area contributed by atoms with Gasteiger partial charge in [-0.15, -0.1) is 0 Å². The summed E-state index contributed by atoms with van der Waals surface area (Å²) in [7, 11) is 1.70. The van der Waals surface area contributed by atoms with E-state index in [4.69, 9.17) is 4.74 Å². The SMILES string of the molecule is COC1CCCCC1NC(=O)N(CC(C)O)C(C)C. The summed E-state index contributed by atoms with van der Waals surface area (Å²) in [6, 6.07) is 0.0468. The second kappa shape index (κ2) is 7.70. The number of hydrogen-bond acceptors (Lipinski definition) is 3. The molecular weight excluding hydrogens is 244 g/mol. The van der Waals surface area contributed by atoms with E-state index >= 15 is 0 Å². The zero-order chi connectivity index (χ0) is 14.4. The molecule has 5 heteroatoms. The van der Waals surface area contributed by atoms with E-state index in [0.717, 1.165) is 25.7 Å². The summed E-state index contributed by atoms with van der Waals surface area (Å²) in [6.07, 6.45) is 3.84. The van der Waals surface area contributed by atoms with Gasteiger partial charge >= 0.3 is 6.03 Å². The predicted octanol–water partition coefficient (Wildman–Crippen LogP) is 1.74. The number of nitrogens with one attached hydrogen (secondary N) is 1. The standard InChI is InChI=1S/C14H28N2O3/c1-10(2)16(9-11(3)17)14(18)15-12-7-5-6-8-13(12)19-4/h10-13,17H,5-9H2,1-4H3,(H,15,18). The van der Waals surface area contributed by atoms with Crippen LogP contribution in [0.25, 0.3) is 0 Å². The summed E-state index contributed by atoms with van der Waals surface area (Å²) >= 11 is 0. The molecule has 0 aliphatic heterocycles. The molecule has 112 valence electrons. The summed E-state index contributed by atoms with van der Waals surface area (Å²) in [6.45, 7) is 5.96. The van der Waals surface area contributed by atoms with Crippen LogP contribution in [0.5, 0.6) is 0 Å². The van der Waals surface area contributed by atoms with Crippen molar-refractivity contribution in [1.29, 1.82) is 0 Å². The second-order valence-corrected chi connectivity index (χ2v) is 5.71. The van der Waals surface area contributed by atoms with Crippen molar-refractivity contribution in [2.75, 3.05) is 13.7 Å². The van der Waals surface area contributed by atoms with Crippen LogP contribution >= 0.6 is 0 Å². The van der Waals surface area contributed by atoms with Gasteiger partial charge in [0.25, 0.3) is 0 Å². The lowest BCUT2D eigenvalue weighted by Gasteiger charge is -2.35. The fraction of sp³-hybridized carbons (Fsp3) is 0.929. The molecule has 0 radical (unpaired) electrons. The van der Waals surface area contributed by atoms with Crippen LogP contribution in [0.2, 0.25) is 0 Å². The molecule has 0 spiro atoms. The molecule has 1 aliphatic carbocycles. The lowest BCUT2D eigenvalue weighted by Crippen LogP contribution is -2.53. The Kier molecular flexibility index (Phi) is 6.58. The fourth-order valence-corrected chi connectivity index (χ4v) is 2.60. The Bertz CT molecular complexity index is 282. The number of nitrogens with zero attached hydrogens (tertiary/aromatic N) is 1. The molecule has 1 aliphatic rings. The first kappa shape index (κ1) is 16.2. The summed E-state index contributed by atoms with van der Waals surface area (Å²) < 4.78 is 5.44. The van der Waals surface area contributed by atoms with Gasteiger partial charge in [0.05, 0.1) is 18.2 Å². The Morgan fingerprint density at radius 1 is 1.37 bits per heavy atom. The number of amides is 2. The number of methoxy groups -OCH3 is 1. The van der Waals surface area contributed by atoms with Crippen molar-refractivity contribution in [2.24, 2.45) is 0 Å². The maximum Gasteiger partial charge on any atom is 0.318 e. The summed E-state index contributed by atoms with van der Waals surface area (Å²) in [5.74, 6) is 0.